The van der Waals surface area contributed by atoms with E-state index in [9.17, 15) is 4.79 Å². The number of aliphatic hydroxyl groups excluding tert-OH is 1. The predicted octanol–water partition coefficient (Wildman–Crippen LogP) is 4.31. The molecule has 3 aromatic rings. The second-order valence-corrected chi connectivity index (χ2v) is 7.55. The molecule has 0 radical (unpaired) electrons. The molecule has 3 rings (SSSR count). The molecule has 0 fully saturated rings. The Kier molecular flexibility index (Phi) is 7.63. The first-order valence-electron chi connectivity index (χ1n) is 9.22. The molecule has 0 amide bonds. The summed E-state index contributed by atoms with van der Waals surface area (Å²) in [5, 5.41) is 17.1. The van der Waals surface area contributed by atoms with Crippen LogP contribution < -0.4 is 5.32 Å². The number of hydrogen-bond acceptors (Lipinski definition) is 6. The van der Waals surface area contributed by atoms with E-state index < -0.39 is 0 Å². The molecule has 1 atom stereocenters. The number of halogens is 2. The van der Waals surface area contributed by atoms with Crippen LogP contribution in [0, 0.1) is 0 Å². The third-order valence-corrected chi connectivity index (χ3v) is 4.88. The van der Waals surface area contributed by atoms with Gasteiger partial charge in [-0.1, -0.05) is 52.6 Å². The molecule has 0 unspecified atom stereocenters. The standard InChI is InChI=1S/C21H21Cl2N3O3/c22-17-5-1-14(2-6-17)11-16(20-25-21(29-26-20)24-9-10-27)13-19(28)12-15-3-7-18(23)8-4-15/h1-8,16,27H,9-13H2,(H,24,25,26)/t16-/m1/s1. The summed E-state index contributed by atoms with van der Waals surface area (Å²) in [6.07, 6.45) is 1.15. The van der Waals surface area contributed by atoms with Crippen molar-refractivity contribution in [3.8, 4) is 0 Å². The first kappa shape index (κ1) is 21.3. The van der Waals surface area contributed by atoms with Gasteiger partial charge in [0, 0.05) is 35.3 Å². The molecule has 29 heavy (non-hydrogen) atoms. The zero-order valence-electron chi connectivity index (χ0n) is 15.6. The van der Waals surface area contributed by atoms with E-state index in [0.29, 0.717) is 35.3 Å². The van der Waals surface area contributed by atoms with Crippen molar-refractivity contribution in [2.45, 2.75) is 25.2 Å². The summed E-state index contributed by atoms with van der Waals surface area (Å²) in [4.78, 5) is 17.1. The lowest BCUT2D eigenvalue weighted by Gasteiger charge is -2.13. The van der Waals surface area contributed by atoms with Gasteiger partial charge < -0.3 is 14.9 Å². The van der Waals surface area contributed by atoms with Crippen molar-refractivity contribution in [3.63, 3.8) is 0 Å². The van der Waals surface area contributed by atoms with Crippen molar-refractivity contribution >= 4 is 35.0 Å². The molecule has 6 nitrogen and oxygen atoms in total. The van der Waals surface area contributed by atoms with E-state index in [1.807, 2.05) is 36.4 Å². The molecular weight excluding hydrogens is 413 g/mol. The molecule has 0 saturated heterocycles. The largest absolute Gasteiger partial charge is 0.395 e. The van der Waals surface area contributed by atoms with Gasteiger partial charge >= 0.3 is 6.01 Å². The maximum absolute atomic E-state index is 12.7. The van der Waals surface area contributed by atoms with Crippen molar-refractivity contribution in [1.82, 2.24) is 10.1 Å². The molecule has 2 aromatic carbocycles. The zero-order valence-corrected chi connectivity index (χ0v) is 17.2. The number of ketones is 1. The van der Waals surface area contributed by atoms with Gasteiger partial charge in [0.25, 0.3) is 0 Å². The number of aliphatic hydroxyl groups is 1. The van der Waals surface area contributed by atoms with Crippen LogP contribution in [0.4, 0.5) is 6.01 Å². The number of hydrogen-bond donors (Lipinski definition) is 2. The van der Waals surface area contributed by atoms with Crippen LogP contribution in [0.3, 0.4) is 0 Å². The van der Waals surface area contributed by atoms with Crippen LogP contribution in [0.5, 0.6) is 0 Å². The highest BCUT2D eigenvalue weighted by Crippen LogP contribution is 2.25. The number of nitrogens with zero attached hydrogens (tertiary/aromatic N) is 2. The van der Waals surface area contributed by atoms with Crippen LogP contribution in [-0.2, 0) is 17.6 Å². The van der Waals surface area contributed by atoms with Gasteiger partial charge in [-0.2, -0.15) is 4.98 Å². The minimum Gasteiger partial charge on any atom is -0.395 e. The Morgan fingerprint density at radius 1 is 1.03 bits per heavy atom. The van der Waals surface area contributed by atoms with E-state index in [4.69, 9.17) is 32.8 Å². The molecule has 0 aliphatic heterocycles. The molecule has 1 aromatic heterocycles. The first-order chi connectivity index (χ1) is 14.0. The Balaban J connectivity index is 1.74. The predicted molar refractivity (Wildman–Crippen MR) is 113 cm³/mol. The number of carbonyl (C=O) groups excluding carboxylic acids is 1. The van der Waals surface area contributed by atoms with Crippen molar-refractivity contribution in [2.75, 3.05) is 18.5 Å². The Bertz CT molecular complexity index is 927. The van der Waals surface area contributed by atoms with Gasteiger partial charge in [-0.3, -0.25) is 4.79 Å². The Labute approximate surface area is 178 Å². The fourth-order valence-corrected chi connectivity index (χ4v) is 3.22. The normalized spacial score (nSPS) is 12.0. The average Bonchev–Trinajstić information content (AvgIpc) is 3.18. The van der Waals surface area contributed by atoms with Gasteiger partial charge in [-0.15, -0.1) is 0 Å². The minimum absolute atomic E-state index is 0.0501. The summed E-state index contributed by atoms with van der Waals surface area (Å²) in [7, 11) is 0. The molecule has 152 valence electrons. The third kappa shape index (κ3) is 6.56. The Morgan fingerprint density at radius 2 is 1.66 bits per heavy atom. The van der Waals surface area contributed by atoms with Crippen molar-refractivity contribution in [3.05, 3.63) is 75.5 Å². The fraction of sp³-hybridized carbons (Fsp3) is 0.286. The van der Waals surface area contributed by atoms with E-state index in [2.05, 4.69) is 15.5 Å². The van der Waals surface area contributed by atoms with Crippen LogP contribution in [0.1, 0.15) is 29.3 Å². The Hall–Kier alpha value is -2.41. The summed E-state index contributed by atoms with van der Waals surface area (Å²) < 4.78 is 5.19. The van der Waals surface area contributed by atoms with Crippen LogP contribution in [-0.4, -0.2) is 34.2 Å². The van der Waals surface area contributed by atoms with Crippen LogP contribution >= 0.6 is 23.2 Å². The van der Waals surface area contributed by atoms with Gasteiger partial charge in [-0.05, 0) is 41.8 Å². The van der Waals surface area contributed by atoms with Gasteiger partial charge in [-0.25, -0.2) is 0 Å². The van der Waals surface area contributed by atoms with E-state index >= 15 is 0 Å². The van der Waals surface area contributed by atoms with E-state index in [1.54, 1.807) is 12.1 Å². The van der Waals surface area contributed by atoms with Crippen molar-refractivity contribution in [1.29, 1.82) is 0 Å². The van der Waals surface area contributed by atoms with Crippen LogP contribution in [0.25, 0.3) is 0 Å². The highest BCUT2D eigenvalue weighted by Gasteiger charge is 2.22. The zero-order chi connectivity index (χ0) is 20.6. The molecule has 0 aliphatic rings. The second-order valence-electron chi connectivity index (χ2n) is 6.68. The lowest BCUT2D eigenvalue weighted by molar-refractivity contribution is -0.118. The molecule has 1 heterocycles. The Morgan fingerprint density at radius 3 is 2.28 bits per heavy atom. The highest BCUT2D eigenvalue weighted by atomic mass is 35.5. The van der Waals surface area contributed by atoms with Gasteiger partial charge in [0.1, 0.15) is 5.78 Å². The average molecular weight is 434 g/mol. The molecule has 2 N–H and O–H groups in total. The van der Waals surface area contributed by atoms with Gasteiger partial charge in [0.2, 0.25) is 0 Å². The SMILES string of the molecule is O=C(Cc1ccc(Cl)cc1)C[C@@H](Cc1ccc(Cl)cc1)c1noc(NCCO)n1. The fourth-order valence-electron chi connectivity index (χ4n) is 2.97. The van der Waals surface area contributed by atoms with Crippen LogP contribution in [0.2, 0.25) is 10.0 Å². The number of Topliss-reactive ketones (excluding diaryl/α,β-unsaturated/α-hetero) is 1. The number of carbonyl (C=O) groups is 1. The lowest BCUT2D eigenvalue weighted by Crippen LogP contribution is -2.13. The maximum atomic E-state index is 12.7. The summed E-state index contributed by atoms with van der Waals surface area (Å²) in [6, 6.07) is 14.9. The number of benzene rings is 2. The smallest absolute Gasteiger partial charge is 0.321 e. The lowest BCUT2D eigenvalue weighted by atomic mass is 9.91. The molecule has 0 spiro atoms. The van der Waals surface area contributed by atoms with Gasteiger partial charge in [0.05, 0.1) is 6.61 Å². The van der Waals surface area contributed by atoms with E-state index in [0.717, 1.165) is 11.1 Å². The van der Waals surface area contributed by atoms with E-state index in [-0.39, 0.29) is 30.7 Å². The number of aromatic nitrogens is 2. The molecule has 8 heteroatoms. The second kappa shape index (κ2) is 10.4. The number of rotatable bonds is 10. The van der Waals surface area contributed by atoms with Crippen LogP contribution in [0.15, 0.2) is 53.1 Å². The summed E-state index contributed by atoms with van der Waals surface area (Å²) in [6.45, 7) is 0.254. The molecule has 0 aliphatic carbocycles. The van der Waals surface area contributed by atoms with Gasteiger partial charge in [0.15, 0.2) is 5.82 Å². The quantitative estimate of drug-likeness (QED) is 0.495. The van der Waals surface area contributed by atoms with Crippen molar-refractivity contribution in [2.24, 2.45) is 0 Å². The number of nitrogens with one attached hydrogen (secondary N) is 1. The monoisotopic (exact) mass is 433 g/mol. The third-order valence-electron chi connectivity index (χ3n) is 4.38. The topological polar surface area (TPSA) is 88.2 Å². The van der Waals surface area contributed by atoms with Crippen molar-refractivity contribution < 1.29 is 14.4 Å². The maximum Gasteiger partial charge on any atom is 0.321 e. The van der Waals surface area contributed by atoms with E-state index in [1.165, 1.54) is 0 Å². The first-order valence-corrected chi connectivity index (χ1v) is 9.98. The highest BCUT2D eigenvalue weighted by molar-refractivity contribution is 6.30. The molecule has 0 bridgehead atoms. The summed E-state index contributed by atoms with van der Waals surface area (Å²) in [5.41, 5.74) is 1.93. The number of anilines is 1. The molecule has 0 saturated carbocycles. The summed E-state index contributed by atoms with van der Waals surface area (Å²) in [5.74, 6) is 0.273. The minimum atomic E-state index is -0.246. The summed E-state index contributed by atoms with van der Waals surface area (Å²) >= 11 is 11.9. The molecular formula is C21H21Cl2N3O3.